The van der Waals surface area contributed by atoms with Gasteiger partial charge in [-0.1, -0.05) is 240 Å². The van der Waals surface area contributed by atoms with Gasteiger partial charge in [0, 0.05) is 12.8 Å². The minimum absolute atomic E-state index is 0.0144. The SMILES string of the molecule is CC/C=C\C/C=C\C/C=C\C/C=C\C/C=C\CC(CC(=O)NC(CO)C(O)CCCCCCCCCCCCCCCCC)OC(=O)CCCCCC/C=C\C/C=C\C/C=C\CCCCC. The normalized spacial score (nSPS) is 14.0. The first-order valence-electron chi connectivity index (χ1n) is 27.5. The topological polar surface area (TPSA) is 95.9 Å². The number of carbonyl (C=O) groups excluding carboxylic acids is 2. The molecule has 378 valence electrons. The Balaban J connectivity index is 4.74. The van der Waals surface area contributed by atoms with Gasteiger partial charge >= 0.3 is 5.97 Å². The van der Waals surface area contributed by atoms with Crippen LogP contribution in [0, 0.1) is 0 Å². The number of carbonyl (C=O) groups is 2. The average Bonchev–Trinajstić information content (AvgIpc) is 3.31. The van der Waals surface area contributed by atoms with E-state index < -0.39 is 18.2 Å². The molecular weight excluding hydrogens is 815 g/mol. The van der Waals surface area contributed by atoms with Crippen LogP contribution in [-0.2, 0) is 14.3 Å². The van der Waals surface area contributed by atoms with Crippen molar-refractivity contribution in [2.75, 3.05) is 6.61 Å². The fourth-order valence-corrected chi connectivity index (χ4v) is 7.75. The van der Waals surface area contributed by atoms with Crippen molar-refractivity contribution in [1.82, 2.24) is 5.32 Å². The molecule has 3 atom stereocenters. The van der Waals surface area contributed by atoms with E-state index in [9.17, 15) is 19.8 Å². The molecule has 0 fully saturated rings. The van der Waals surface area contributed by atoms with E-state index in [4.69, 9.17) is 4.74 Å². The molecule has 66 heavy (non-hydrogen) atoms. The summed E-state index contributed by atoms with van der Waals surface area (Å²) in [4.78, 5) is 26.2. The van der Waals surface area contributed by atoms with Crippen molar-refractivity contribution in [3.63, 3.8) is 0 Å². The number of amides is 1. The summed E-state index contributed by atoms with van der Waals surface area (Å²) in [6, 6.07) is -0.743. The number of aliphatic hydroxyl groups excluding tert-OH is 2. The molecule has 0 heterocycles. The monoisotopic (exact) mass is 918 g/mol. The van der Waals surface area contributed by atoms with Gasteiger partial charge in [-0.2, -0.15) is 0 Å². The number of rotatable bonds is 48. The second kappa shape index (κ2) is 52.7. The van der Waals surface area contributed by atoms with Crippen LogP contribution in [0.2, 0.25) is 0 Å². The minimum Gasteiger partial charge on any atom is -0.461 e. The van der Waals surface area contributed by atoms with Crippen molar-refractivity contribution in [2.24, 2.45) is 0 Å². The Kier molecular flexibility index (Phi) is 50.2. The molecule has 0 aliphatic rings. The number of hydrogen-bond acceptors (Lipinski definition) is 5. The predicted octanol–water partition coefficient (Wildman–Crippen LogP) is 16.9. The van der Waals surface area contributed by atoms with Crippen LogP contribution in [0.4, 0.5) is 0 Å². The van der Waals surface area contributed by atoms with Crippen molar-refractivity contribution >= 4 is 11.9 Å². The van der Waals surface area contributed by atoms with Crippen LogP contribution in [0.25, 0.3) is 0 Å². The summed E-state index contributed by atoms with van der Waals surface area (Å²) in [7, 11) is 0. The lowest BCUT2D eigenvalue weighted by Crippen LogP contribution is -2.46. The maximum Gasteiger partial charge on any atom is 0.306 e. The Morgan fingerprint density at radius 1 is 0.470 bits per heavy atom. The first-order chi connectivity index (χ1) is 32.5. The van der Waals surface area contributed by atoms with Crippen LogP contribution >= 0.6 is 0 Å². The maximum atomic E-state index is 13.2. The summed E-state index contributed by atoms with van der Waals surface area (Å²) in [5.41, 5.74) is 0. The lowest BCUT2D eigenvalue weighted by molar-refractivity contribution is -0.150. The lowest BCUT2D eigenvalue weighted by Gasteiger charge is -2.24. The summed E-state index contributed by atoms with van der Waals surface area (Å²) in [5, 5.41) is 23.8. The second-order valence-corrected chi connectivity index (χ2v) is 18.3. The van der Waals surface area contributed by atoms with E-state index in [1.165, 1.54) is 103 Å². The van der Waals surface area contributed by atoms with E-state index in [1.807, 2.05) is 12.2 Å². The van der Waals surface area contributed by atoms with Crippen LogP contribution in [-0.4, -0.2) is 46.9 Å². The second-order valence-electron chi connectivity index (χ2n) is 18.3. The van der Waals surface area contributed by atoms with Gasteiger partial charge in [0.2, 0.25) is 5.91 Å². The molecule has 0 aromatic heterocycles. The molecule has 6 heteroatoms. The summed E-state index contributed by atoms with van der Waals surface area (Å²) in [6.07, 6.45) is 70.5. The average molecular weight is 918 g/mol. The standard InChI is InChI=1S/C60H103NO5/c1-4-7-10-13-16-19-22-25-28-29-32-35-38-41-44-47-50-53-60(65)66-56(51-48-45-42-39-36-33-30-26-23-20-17-14-11-8-5-2)54-59(64)61-57(55-62)58(63)52-49-46-43-40-37-34-31-27-24-21-18-15-12-9-6-3/h8,11,16-17,19-20,25-26,28,30,32,35-36,39,45,48,56-58,62-63H,4-7,9-10,12-15,18,21-24,27,29,31,33-34,37-38,40-44,46-47,49-55H2,1-3H3,(H,61,64)/b11-8-,19-16-,20-17-,28-25-,30-26-,35-32-,39-36-,48-45-. The largest absolute Gasteiger partial charge is 0.461 e. The molecule has 3 unspecified atom stereocenters. The highest BCUT2D eigenvalue weighted by molar-refractivity contribution is 5.77. The van der Waals surface area contributed by atoms with Gasteiger partial charge in [-0.05, 0) is 83.5 Å². The van der Waals surface area contributed by atoms with E-state index >= 15 is 0 Å². The van der Waals surface area contributed by atoms with Gasteiger partial charge < -0.3 is 20.3 Å². The fraction of sp³-hybridized carbons (Fsp3) is 0.700. The van der Waals surface area contributed by atoms with E-state index in [2.05, 4.69) is 111 Å². The van der Waals surface area contributed by atoms with Crippen LogP contribution in [0.5, 0.6) is 0 Å². The molecular formula is C60H103NO5. The van der Waals surface area contributed by atoms with Crippen molar-refractivity contribution in [1.29, 1.82) is 0 Å². The van der Waals surface area contributed by atoms with Crippen molar-refractivity contribution < 1.29 is 24.5 Å². The number of esters is 1. The molecule has 0 aromatic rings. The fourth-order valence-electron chi connectivity index (χ4n) is 7.75. The predicted molar refractivity (Wildman–Crippen MR) is 287 cm³/mol. The third-order valence-corrected chi connectivity index (χ3v) is 11.9. The quantitative estimate of drug-likeness (QED) is 0.0321. The minimum atomic E-state index is -0.822. The Hall–Kier alpha value is -3.22. The number of nitrogens with one attached hydrogen (secondary N) is 1. The van der Waals surface area contributed by atoms with E-state index in [0.29, 0.717) is 19.3 Å². The molecule has 0 bridgehead atoms. The zero-order valence-electron chi connectivity index (χ0n) is 43.0. The van der Waals surface area contributed by atoms with Gasteiger partial charge in [0.1, 0.15) is 6.10 Å². The first kappa shape index (κ1) is 62.8. The molecule has 0 saturated carbocycles. The van der Waals surface area contributed by atoms with E-state index in [0.717, 1.165) is 96.3 Å². The number of allylic oxidation sites excluding steroid dienone is 15. The van der Waals surface area contributed by atoms with Crippen LogP contribution in [0.1, 0.15) is 245 Å². The van der Waals surface area contributed by atoms with Crippen molar-refractivity contribution in [3.05, 3.63) is 97.2 Å². The van der Waals surface area contributed by atoms with E-state index in [1.54, 1.807) is 0 Å². The number of ether oxygens (including phenoxy) is 1. The Morgan fingerprint density at radius 2 is 0.848 bits per heavy atom. The molecule has 3 N–H and O–H groups in total. The molecule has 6 nitrogen and oxygen atoms in total. The molecule has 0 aromatic carbocycles. The molecule has 1 amide bonds. The summed E-state index contributed by atoms with van der Waals surface area (Å²) < 4.78 is 5.87. The third-order valence-electron chi connectivity index (χ3n) is 11.9. The van der Waals surface area contributed by atoms with Gasteiger partial charge in [-0.3, -0.25) is 9.59 Å². The van der Waals surface area contributed by atoms with Crippen LogP contribution < -0.4 is 5.32 Å². The smallest absolute Gasteiger partial charge is 0.306 e. The van der Waals surface area contributed by atoms with E-state index in [-0.39, 0.29) is 24.9 Å². The zero-order chi connectivity index (χ0) is 48.1. The van der Waals surface area contributed by atoms with Crippen LogP contribution in [0.15, 0.2) is 97.2 Å². The molecule has 0 aliphatic heterocycles. The highest BCUT2D eigenvalue weighted by Gasteiger charge is 2.23. The van der Waals surface area contributed by atoms with Crippen molar-refractivity contribution in [2.45, 2.75) is 264 Å². The Labute approximate surface area is 407 Å². The van der Waals surface area contributed by atoms with Gasteiger partial charge in [0.15, 0.2) is 0 Å². The number of unbranched alkanes of at least 4 members (excludes halogenated alkanes) is 21. The van der Waals surface area contributed by atoms with Crippen molar-refractivity contribution in [3.8, 4) is 0 Å². The Bertz CT molecular complexity index is 1310. The molecule has 0 radical (unpaired) electrons. The molecule has 0 saturated heterocycles. The third kappa shape index (κ3) is 47.3. The highest BCUT2D eigenvalue weighted by atomic mass is 16.5. The first-order valence-corrected chi connectivity index (χ1v) is 27.5. The Morgan fingerprint density at radius 3 is 1.32 bits per heavy atom. The summed E-state index contributed by atoms with van der Waals surface area (Å²) in [5.74, 6) is -0.609. The molecule has 0 rings (SSSR count). The highest BCUT2D eigenvalue weighted by Crippen LogP contribution is 2.16. The molecule has 0 aliphatic carbocycles. The van der Waals surface area contributed by atoms with Gasteiger partial charge in [-0.15, -0.1) is 0 Å². The van der Waals surface area contributed by atoms with Gasteiger partial charge in [0.25, 0.3) is 0 Å². The summed E-state index contributed by atoms with van der Waals surface area (Å²) >= 11 is 0. The van der Waals surface area contributed by atoms with Gasteiger partial charge in [-0.25, -0.2) is 0 Å². The zero-order valence-corrected chi connectivity index (χ0v) is 43.0. The lowest BCUT2D eigenvalue weighted by atomic mass is 10.0. The maximum absolute atomic E-state index is 13.2. The van der Waals surface area contributed by atoms with Crippen LogP contribution in [0.3, 0.4) is 0 Å². The summed E-state index contributed by atoms with van der Waals surface area (Å²) in [6.45, 7) is 6.31. The van der Waals surface area contributed by atoms with Gasteiger partial charge in [0.05, 0.1) is 25.2 Å². The molecule has 0 spiro atoms. The number of aliphatic hydroxyl groups is 2. The number of hydrogen-bond donors (Lipinski definition) is 3.